The number of nitrogens with zero attached hydrogens (tertiary/aromatic N) is 3. The van der Waals surface area contributed by atoms with Crippen molar-refractivity contribution in [3.8, 4) is 17.1 Å². The summed E-state index contributed by atoms with van der Waals surface area (Å²) in [7, 11) is 1.64. The molecule has 2 aromatic carbocycles. The summed E-state index contributed by atoms with van der Waals surface area (Å²) < 4.78 is 5.48. The lowest BCUT2D eigenvalue weighted by molar-refractivity contribution is 0.382. The number of aryl methyl sites for hydroxylation is 3. The molecule has 0 N–H and O–H groups in total. The zero-order valence-electron chi connectivity index (χ0n) is 18.0. The lowest BCUT2D eigenvalue weighted by atomic mass is 9.92. The third kappa shape index (κ3) is 3.82. The molecule has 1 aromatic heterocycles. The SMILES string of the molecule is CCCCN(CC)c1nc(OC)nc2c(-c3c(C)cc(C)cc3C)cccc12. The first-order chi connectivity index (χ1) is 13.5. The molecule has 1 heterocycles. The summed E-state index contributed by atoms with van der Waals surface area (Å²) >= 11 is 0. The first-order valence-corrected chi connectivity index (χ1v) is 10.2. The highest BCUT2D eigenvalue weighted by Gasteiger charge is 2.18. The van der Waals surface area contributed by atoms with Crippen molar-refractivity contribution in [2.24, 2.45) is 0 Å². The van der Waals surface area contributed by atoms with Gasteiger partial charge in [-0.15, -0.1) is 0 Å². The molecule has 0 spiro atoms. The van der Waals surface area contributed by atoms with E-state index in [0.29, 0.717) is 6.01 Å². The summed E-state index contributed by atoms with van der Waals surface area (Å²) in [5.74, 6) is 0.960. The average Bonchev–Trinajstić information content (AvgIpc) is 2.67. The number of fused-ring (bicyclic) bond motifs is 1. The predicted octanol–water partition coefficient (Wildman–Crippen LogP) is 5.86. The second-order valence-electron chi connectivity index (χ2n) is 7.44. The van der Waals surface area contributed by atoms with Crippen LogP contribution in [-0.2, 0) is 0 Å². The molecule has 0 saturated carbocycles. The molecule has 0 aliphatic rings. The van der Waals surface area contributed by atoms with Crippen molar-refractivity contribution >= 4 is 16.7 Å². The smallest absolute Gasteiger partial charge is 0.318 e. The molecule has 3 rings (SSSR count). The zero-order chi connectivity index (χ0) is 20.3. The van der Waals surface area contributed by atoms with Crippen LogP contribution in [0.25, 0.3) is 22.0 Å². The highest BCUT2D eigenvalue weighted by Crippen LogP contribution is 2.36. The minimum absolute atomic E-state index is 0.423. The van der Waals surface area contributed by atoms with E-state index in [2.05, 4.69) is 69.9 Å². The third-order valence-corrected chi connectivity index (χ3v) is 5.28. The maximum absolute atomic E-state index is 5.48. The van der Waals surface area contributed by atoms with Gasteiger partial charge in [0.1, 0.15) is 5.82 Å². The number of unbranched alkanes of at least 4 members (excludes halogenated alkanes) is 1. The fraction of sp³-hybridized carbons (Fsp3) is 0.417. The van der Waals surface area contributed by atoms with E-state index in [0.717, 1.165) is 48.2 Å². The molecule has 0 amide bonds. The molecular weight excluding hydrogens is 346 g/mol. The summed E-state index contributed by atoms with van der Waals surface area (Å²) in [6.07, 6.45) is 2.29. The van der Waals surface area contributed by atoms with Crippen LogP contribution in [0.4, 0.5) is 5.82 Å². The highest BCUT2D eigenvalue weighted by atomic mass is 16.5. The fourth-order valence-electron chi connectivity index (χ4n) is 4.02. The quantitative estimate of drug-likeness (QED) is 0.517. The monoisotopic (exact) mass is 377 g/mol. The van der Waals surface area contributed by atoms with Gasteiger partial charge in [-0.2, -0.15) is 9.97 Å². The largest absolute Gasteiger partial charge is 0.467 e. The van der Waals surface area contributed by atoms with Gasteiger partial charge in [-0.25, -0.2) is 0 Å². The van der Waals surface area contributed by atoms with Gasteiger partial charge in [0.15, 0.2) is 0 Å². The van der Waals surface area contributed by atoms with Gasteiger partial charge in [0.2, 0.25) is 0 Å². The molecule has 28 heavy (non-hydrogen) atoms. The van der Waals surface area contributed by atoms with Gasteiger partial charge in [-0.1, -0.05) is 43.2 Å². The molecule has 0 saturated heterocycles. The molecule has 0 bridgehead atoms. The normalized spacial score (nSPS) is 11.1. The van der Waals surface area contributed by atoms with Crippen molar-refractivity contribution in [3.63, 3.8) is 0 Å². The lowest BCUT2D eigenvalue weighted by Gasteiger charge is -2.24. The van der Waals surface area contributed by atoms with E-state index in [-0.39, 0.29) is 0 Å². The van der Waals surface area contributed by atoms with E-state index in [1.165, 1.54) is 22.3 Å². The van der Waals surface area contributed by atoms with Crippen molar-refractivity contribution in [1.29, 1.82) is 0 Å². The first-order valence-electron chi connectivity index (χ1n) is 10.2. The Balaban J connectivity index is 2.29. The van der Waals surface area contributed by atoms with Gasteiger partial charge in [0, 0.05) is 24.0 Å². The lowest BCUT2D eigenvalue weighted by Crippen LogP contribution is -2.25. The predicted molar refractivity (Wildman–Crippen MR) is 119 cm³/mol. The number of benzene rings is 2. The van der Waals surface area contributed by atoms with Crippen LogP contribution in [0.3, 0.4) is 0 Å². The average molecular weight is 378 g/mol. The van der Waals surface area contributed by atoms with E-state index < -0.39 is 0 Å². The van der Waals surface area contributed by atoms with Crippen molar-refractivity contribution in [2.75, 3.05) is 25.1 Å². The standard InChI is InChI=1S/C24H31N3O/c1-7-9-13-27(8-2)23-20-12-10-11-19(22(20)25-24(26-23)28-6)21-17(4)14-16(3)15-18(21)5/h10-12,14-15H,7-9,13H2,1-6H3. The van der Waals surface area contributed by atoms with Gasteiger partial charge in [0.25, 0.3) is 0 Å². The van der Waals surface area contributed by atoms with Gasteiger partial charge in [0.05, 0.1) is 12.6 Å². The summed E-state index contributed by atoms with van der Waals surface area (Å²) in [6.45, 7) is 12.8. The number of ether oxygens (including phenoxy) is 1. The Hall–Kier alpha value is -2.62. The van der Waals surface area contributed by atoms with Crippen molar-refractivity contribution in [1.82, 2.24) is 9.97 Å². The Bertz CT molecular complexity index is 958. The van der Waals surface area contributed by atoms with E-state index >= 15 is 0 Å². The molecular formula is C24H31N3O. The molecule has 0 radical (unpaired) electrons. The van der Waals surface area contributed by atoms with Crippen LogP contribution in [0.5, 0.6) is 6.01 Å². The number of para-hydroxylation sites is 1. The third-order valence-electron chi connectivity index (χ3n) is 5.28. The zero-order valence-corrected chi connectivity index (χ0v) is 18.0. The summed E-state index contributed by atoms with van der Waals surface area (Å²) in [4.78, 5) is 11.8. The van der Waals surface area contributed by atoms with Gasteiger partial charge in [-0.3, -0.25) is 0 Å². The molecule has 0 unspecified atom stereocenters. The second-order valence-corrected chi connectivity index (χ2v) is 7.44. The number of methoxy groups -OCH3 is 1. The Morgan fingerprint density at radius 2 is 1.71 bits per heavy atom. The minimum atomic E-state index is 0.423. The molecule has 3 aromatic rings. The molecule has 4 heteroatoms. The van der Waals surface area contributed by atoms with E-state index in [1.54, 1.807) is 7.11 Å². The Labute approximate surface area is 168 Å². The molecule has 0 aliphatic carbocycles. The molecule has 0 fully saturated rings. The van der Waals surface area contributed by atoms with E-state index in [4.69, 9.17) is 14.7 Å². The van der Waals surface area contributed by atoms with Crippen LogP contribution in [0.15, 0.2) is 30.3 Å². The van der Waals surface area contributed by atoms with E-state index in [1.807, 2.05) is 0 Å². The second kappa shape index (κ2) is 8.59. The number of aromatic nitrogens is 2. The van der Waals surface area contributed by atoms with Crippen LogP contribution in [0.1, 0.15) is 43.4 Å². The Morgan fingerprint density at radius 1 is 1.00 bits per heavy atom. The van der Waals surface area contributed by atoms with Crippen molar-refractivity contribution in [2.45, 2.75) is 47.5 Å². The highest BCUT2D eigenvalue weighted by molar-refractivity contribution is 6.00. The number of hydrogen-bond acceptors (Lipinski definition) is 4. The van der Waals surface area contributed by atoms with Crippen LogP contribution < -0.4 is 9.64 Å². The maximum Gasteiger partial charge on any atom is 0.318 e. The number of anilines is 1. The van der Waals surface area contributed by atoms with Crippen molar-refractivity contribution in [3.05, 3.63) is 47.0 Å². The van der Waals surface area contributed by atoms with Crippen LogP contribution in [-0.4, -0.2) is 30.2 Å². The molecule has 4 nitrogen and oxygen atoms in total. The molecule has 0 atom stereocenters. The Morgan fingerprint density at radius 3 is 2.32 bits per heavy atom. The minimum Gasteiger partial charge on any atom is -0.467 e. The summed E-state index contributed by atoms with van der Waals surface area (Å²) in [6, 6.07) is 11.3. The van der Waals surface area contributed by atoms with Crippen LogP contribution in [0.2, 0.25) is 0 Å². The fourth-order valence-corrected chi connectivity index (χ4v) is 4.02. The number of rotatable bonds is 7. The van der Waals surface area contributed by atoms with Crippen LogP contribution in [0, 0.1) is 20.8 Å². The summed E-state index contributed by atoms with van der Waals surface area (Å²) in [5.41, 5.74) is 7.16. The number of hydrogen-bond donors (Lipinski definition) is 0. The maximum atomic E-state index is 5.48. The van der Waals surface area contributed by atoms with Gasteiger partial charge < -0.3 is 9.64 Å². The van der Waals surface area contributed by atoms with Crippen LogP contribution >= 0.6 is 0 Å². The molecule has 0 aliphatic heterocycles. The summed E-state index contributed by atoms with van der Waals surface area (Å²) in [5, 5.41) is 1.08. The first kappa shape index (κ1) is 20.1. The van der Waals surface area contributed by atoms with Gasteiger partial charge >= 0.3 is 6.01 Å². The van der Waals surface area contributed by atoms with Gasteiger partial charge in [-0.05, 0) is 56.9 Å². The van der Waals surface area contributed by atoms with Crippen molar-refractivity contribution < 1.29 is 4.74 Å². The Kier molecular flexibility index (Phi) is 6.18. The van der Waals surface area contributed by atoms with E-state index in [9.17, 15) is 0 Å². The topological polar surface area (TPSA) is 38.2 Å². The molecule has 148 valence electrons.